The zero-order valence-electron chi connectivity index (χ0n) is 15.5. The Labute approximate surface area is 150 Å². The normalized spacial score (nSPS) is 17.7. The fraction of sp³-hybridized carbons (Fsp3) is 0.579. The smallest absolute Gasteiger partial charge is 0.225 e. The van der Waals surface area contributed by atoms with Crippen LogP contribution in [0.5, 0.6) is 5.75 Å². The summed E-state index contributed by atoms with van der Waals surface area (Å²) in [7, 11) is 0. The number of nitrogens with one attached hydrogen (secondary N) is 2. The van der Waals surface area contributed by atoms with Gasteiger partial charge in [0.15, 0.2) is 5.96 Å². The van der Waals surface area contributed by atoms with Gasteiger partial charge < -0.3 is 20.3 Å². The first-order valence-corrected chi connectivity index (χ1v) is 9.11. The molecule has 1 aliphatic heterocycles. The van der Waals surface area contributed by atoms with E-state index in [4.69, 9.17) is 4.74 Å². The summed E-state index contributed by atoms with van der Waals surface area (Å²) < 4.78 is 5.66. The van der Waals surface area contributed by atoms with E-state index in [0.717, 1.165) is 37.8 Å². The number of benzene rings is 1. The molecule has 1 atom stereocenters. The zero-order valence-corrected chi connectivity index (χ0v) is 15.5. The molecule has 0 radical (unpaired) electrons. The highest BCUT2D eigenvalue weighted by Crippen LogP contribution is 2.12. The molecule has 0 aromatic heterocycles. The van der Waals surface area contributed by atoms with E-state index in [1.807, 2.05) is 56.0 Å². The van der Waals surface area contributed by atoms with E-state index < -0.39 is 0 Å². The van der Waals surface area contributed by atoms with Gasteiger partial charge in [-0.15, -0.1) is 0 Å². The number of ether oxygens (including phenoxy) is 1. The van der Waals surface area contributed by atoms with Gasteiger partial charge in [0, 0.05) is 31.6 Å². The lowest BCUT2D eigenvalue weighted by molar-refractivity contribution is -0.133. The summed E-state index contributed by atoms with van der Waals surface area (Å²) in [5.41, 5.74) is 0. The first-order valence-electron chi connectivity index (χ1n) is 9.11. The third kappa shape index (κ3) is 6.29. The SMILES string of the molecule is CCNC(=NCCOc1ccccc1)NC1CCN(C(=O)C(C)C)C1. The number of nitrogens with zero attached hydrogens (tertiary/aromatic N) is 2. The second-order valence-corrected chi connectivity index (χ2v) is 6.49. The van der Waals surface area contributed by atoms with Gasteiger partial charge in [-0.3, -0.25) is 4.79 Å². The largest absolute Gasteiger partial charge is 0.492 e. The van der Waals surface area contributed by atoms with Crippen molar-refractivity contribution in [2.24, 2.45) is 10.9 Å². The number of carbonyl (C=O) groups excluding carboxylic acids is 1. The Morgan fingerprint density at radius 3 is 2.80 bits per heavy atom. The molecule has 2 rings (SSSR count). The predicted octanol–water partition coefficient (Wildman–Crippen LogP) is 1.88. The molecule has 1 saturated heterocycles. The maximum absolute atomic E-state index is 12.1. The molecule has 0 saturated carbocycles. The molecule has 1 aliphatic rings. The van der Waals surface area contributed by atoms with Gasteiger partial charge in [0.25, 0.3) is 0 Å². The molecule has 138 valence electrons. The van der Waals surface area contributed by atoms with Crippen molar-refractivity contribution in [3.63, 3.8) is 0 Å². The quantitative estimate of drug-likeness (QED) is 0.449. The first-order chi connectivity index (χ1) is 12.1. The molecular weight excluding hydrogens is 316 g/mol. The summed E-state index contributed by atoms with van der Waals surface area (Å²) in [5.74, 6) is 1.91. The molecule has 6 heteroatoms. The van der Waals surface area contributed by atoms with Gasteiger partial charge in [-0.1, -0.05) is 32.0 Å². The number of rotatable bonds is 7. The molecule has 1 aromatic carbocycles. The van der Waals surface area contributed by atoms with Gasteiger partial charge in [0.2, 0.25) is 5.91 Å². The van der Waals surface area contributed by atoms with E-state index in [0.29, 0.717) is 13.2 Å². The number of amides is 1. The van der Waals surface area contributed by atoms with E-state index in [-0.39, 0.29) is 17.9 Å². The summed E-state index contributed by atoms with van der Waals surface area (Å²) >= 11 is 0. The second-order valence-electron chi connectivity index (χ2n) is 6.49. The summed E-state index contributed by atoms with van der Waals surface area (Å²) in [4.78, 5) is 18.6. The highest BCUT2D eigenvalue weighted by molar-refractivity contribution is 5.81. The van der Waals surface area contributed by atoms with Crippen LogP contribution in [0.1, 0.15) is 27.2 Å². The molecule has 1 aromatic rings. The molecule has 0 bridgehead atoms. The fourth-order valence-corrected chi connectivity index (χ4v) is 2.79. The number of aliphatic imine (C=N–C) groups is 1. The van der Waals surface area contributed by atoms with Gasteiger partial charge in [-0.2, -0.15) is 0 Å². The number of hydrogen-bond acceptors (Lipinski definition) is 3. The van der Waals surface area contributed by atoms with Crippen LogP contribution in [0, 0.1) is 5.92 Å². The maximum atomic E-state index is 12.1. The highest BCUT2D eigenvalue weighted by atomic mass is 16.5. The molecule has 1 heterocycles. The van der Waals surface area contributed by atoms with Crippen molar-refractivity contribution in [2.75, 3.05) is 32.8 Å². The standard InChI is InChI=1S/C19H30N4O2/c1-4-20-19(21-11-13-25-17-8-6-5-7-9-17)22-16-10-12-23(14-16)18(24)15(2)3/h5-9,15-16H,4,10-14H2,1-3H3,(H2,20,21,22). The van der Waals surface area contributed by atoms with Crippen molar-refractivity contribution in [3.8, 4) is 5.75 Å². The number of para-hydroxylation sites is 1. The lowest BCUT2D eigenvalue weighted by atomic mass is 10.2. The lowest BCUT2D eigenvalue weighted by Gasteiger charge is -2.20. The van der Waals surface area contributed by atoms with E-state index in [1.165, 1.54) is 0 Å². The Bertz CT molecular complexity index is 560. The minimum absolute atomic E-state index is 0.0517. The van der Waals surface area contributed by atoms with Crippen molar-refractivity contribution >= 4 is 11.9 Å². The van der Waals surface area contributed by atoms with Crippen molar-refractivity contribution in [1.82, 2.24) is 15.5 Å². The third-order valence-electron chi connectivity index (χ3n) is 4.05. The van der Waals surface area contributed by atoms with Crippen LogP contribution in [0.4, 0.5) is 0 Å². The van der Waals surface area contributed by atoms with Crippen LogP contribution in [-0.2, 0) is 4.79 Å². The van der Waals surface area contributed by atoms with Gasteiger partial charge >= 0.3 is 0 Å². The van der Waals surface area contributed by atoms with Crippen molar-refractivity contribution in [1.29, 1.82) is 0 Å². The van der Waals surface area contributed by atoms with Gasteiger partial charge in [0.1, 0.15) is 12.4 Å². The molecule has 1 fully saturated rings. The molecule has 2 N–H and O–H groups in total. The Hall–Kier alpha value is -2.24. The van der Waals surface area contributed by atoms with Crippen LogP contribution in [0.2, 0.25) is 0 Å². The highest BCUT2D eigenvalue weighted by Gasteiger charge is 2.27. The Kier molecular flexibility index (Phi) is 7.57. The third-order valence-corrected chi connectivity index (χ3v) is 4.05. The van der Waals surface area contributed by atoms with Gasteiger partial charge in [0.05, 0.1) is 6.54 Å². The fourth-order valence-electron chi connectivity index (χ4n) is 2.79. The molecule has 0 aliphatic carbocycles. The Morgan fingerprint density at radius 2 is 2.12 bits per heavy atom. The van der Waals surface area contributed by atoms with E-state index in [2.05, 4.69) is 15.6 Å². The maximum Gasteiger partial charge on any atom is 0.225 e. The number of likely N-dealkylation sites (tertiary alicyclic amines) is 1. The summed E-state index contributed by atoms with van der Waals surface area (Å²) in [5, 5.41) is 6.68. The minimum Gasteiger partial charge on any atom is -0.492 e. The van der Waals surface area contributed by atoms with Crippen LogP contribution < -0.4 is 15.4 Å². The monoisotopic (exact) mass is 346 g/mol. The number of guanidine groups is 1. The molecular formula is C19H30N4O2. The van der Waals surface area contributed by atoms with Crippen molar-refractivity contribution in [2.45, 2.75) is 33.2 Å². The Balaban J connectivity index is 1.79. The van der Waals surface area contributed by atoms with Crippen LogP contribution >= 0.6 is 0 Å². The topological polar surface area (TPSA) is 66.0 Å². The minimum atomic E-state index is 0.0517. The molecule has 1 amide bonds. The summed E-state index contributed by atoms with van der Waals surface area (Å²) in [6.07, 6.45) is 0.948. The number of hydrogen-bond donors (Lipinski definition) is 2. The van der Waals surface area contributed by atoms with Crippen LogP contribution in [0.15, 0.2) is 35.3 Å². The second kappa shape index (κ2) is 9.91. The lowest BCUT2D eigenvalue weighted by Crippen LogP contribution is -2.45. The van der Waals surface area contributed by atoms with Crippen LogP contribution in [-0.4, -0.2) is 55.6 Å². The van der Waals surface area contributed by atoms with E-state index in [1.54, 1.807) is 0 Å². The van der Waals surface area contributed by atoms with Gasteiger partial charge in [-0.25, -0.2) is 4.99 Å². The molecule has 1 unspecified atom stereocenters. The van der Waals surface area contributed by atoms with Crippen molar-refractivity contribution in [3.05, 3.63) is 30.3 Å². The molecule has 6 nitrogen and oxygen atoms in total. The average molecular weight is 346 g/mol. The molecule has 0 spiro atoms. The molecule has 25 heavy (non-hydrogen) atoms. The van der Waals surface area contributed by atoms with E-state index >= 15 is 0 Å². The Morgan fingerprint density at radius 1 is 1.36 bits per heavy atom. The summed E-state index contributed by atoms with van der Waals surface area (Å²) in [6.45, 7) is 9.39. The van der Waals surface area contributed by atoms with Gasteiger partial charge in [-0.05, 0) is 25.5 Å². The zero-order chi connectivity index (χ0) is 18.1. The number of carbonyl (C=O) groups is 1. The van der Waals surface area contributed by atoms with Crippen molar-refractivity contribution < 1.29 is 9.53 Å². The first kappa shape index (κ1) is 19.1. The average Bonchev–Trinajstić information content (AvgIpc) is 3.07. The van der Waals surface area contributed by atoms with Crippen LogP contribution in [0.25, 0.3) is 0 Å². The summed E-state index contributed by atoms with van der Waals surface area (Å²) in [6, 6.07) is 9.99. The van der Waals surface area contributed by atoms with Crippen LogP contribution in [0.3, 0.4) is 0 Å². The van der Waals surface area contributed by atoms with E-state index in [9.17, 15) is 4.79 Å². The predicted molar refractivity (Wildman–Crippen MR) is 101 cm³/mol.